The van der Waals surface area contributed by atoms with Crippen LogP contribution < -0.4 is 5.32 Å². The number of nitrogens with one attached hydrogen (secondary N) is 1. The number of benzene rings is 1. The highest BCUT2D eigenvalue weighted by molar-refractivity contribution is 5.46. The van der Waals surface area contributed by atoms with Crippen molar-refractivity contribution in [2.45, 2.75) is 20.3 Å². The summed E-state index contributed by atoms with van der Waals surface area (Å²) in [6.07, 6.45) is 1.09. The number of rotatable bonds is 4. The third kappa shape index (κ3) is 3.32. The summed E-state index contributed by atoms with van der Waals surface area (Å²) >= 11 is 0. The third-order valence-corrected chi connectivity index (χ3v) is 1.93. The maximum atomic E-state index is 3.85. The molecule has 0 atom stereocenters. The molecule has 0 bridgehead atoms. The molecule has 1 aromatic carbocycles. The van der Waals surface area contributed by atoms with E-state index in [0.717, 1.165) is 18.5 Å². The highest BCUT2D eigenvalue weighted by Gasteiger charge is 1.92. The van der Waals surface area contributed by atoms with Crippen molar-refractivity contribution in [1.29, 1.82) is 0 Å². The van der Waals surface area contributed by atoms with E-state index in [2.05, 4.69) is 43.1 Å². The standard InChI is InChI=1S/C12H17N/c1-4-11-6-5-7-12(8-11)13-9-10(2)3/h5-8,13H,2,4,9H2,1,3H3. The van der Waals surface area contributed by atoms with Crippen molar-refractivity contribution in [2.75, 3.05) is 11.9 Å². The van der Waals surface area contributed by atoms with Crippen LogP contribution in [0.5, 0.6) is 0 Å². The molecule has 0 fully saturated rings. The Morgan fingerprint density at radius 3 is 2.85 bits per heavy atom. The van der Waals surface area contributed by atoms with Gasteiger partial charge in [-0.15, -0.1) is 0 Å². The fraction of sp³-hybridized carbons (Fsp3) is 0.333. The summed E-state index contributed by atoms with van der Waals surface area (Å²) < 4.78 is 0. The second-order valence-corrected chi connectivity index (χ2v) is 3.36. The van der Waals surface area contributed by atoms with Crippen LogP contribution in [-0.2, 0) is 6.42 Å². The number of aryl methyl sites for hydroxylation is 1. The number of anilines is 1. The first-order chi connectivity index (χ1) is 6.22. The van der Waals surface area contributed by atoms with Crippen molar-refractivity contribution < 1.29 is 0 Å². The van der Waals surface area contributed by atoms with Gasteiger partial charge in [0.1, 0.15) is 0 Å². The fourth-order valence-corrected chi connectivity index (χ4v) is 1.15. The fourth-order valence-electron chi connectivity index (χ4n) is 1.15. The maximum absolute atomic E-state index is 3.85. The van der Waals surface area contributed by atoms with Crippen LogP contribution in [0.15, 0.2) is 36.4 Å². The molecule has 0 aromatic heterocycles. The van der Waals surface area contributed by atoms with Crippen molar-refractivity contribution in [3.05, 3.63) is 42.0 Å². The monoisotopic (exact) mass is 175 g/mol. The van der Waals surface area contributed by atoms with Gasteiger partial charge in [0, 0.05) is 12.2 Å². The van der Waals surface area contributed by atoms with Crippen LogP contribution in [0, 0.1) is 0 Å². The molecule has 70 valence electrons. The third-order valence-electron chi connectivity index (χ3n) is 1.93. The quantitative estimate of drug-likeness (QED) is 0.693. The van der Waals surface area contributed by atoms with Crippen LogP contribution in [0.1, 0.15) is 19.4 Å². The lowest BCUT2D eigenvalue weighted by Gasteiger charge is -2.06. The van der Waals surface area contributed by atoms with Gasteiger partial charge >= 0.3 is 0 Å². The second-order valence-electron chi connectivity index (χ2n) is 3.36. The maximum Gasteiger partial charge on any atom is 0.0354 e. The Kier molecular flexibility index (Phi) is 3.56. The molecule has 0 aliphatic carbocycles. The van der Waals surface area contributed by atoms with Crippen LogP contribution in [0.2, 0.25) is 0 Å². The first-order valence-electron chi connectivity index (χ1n) is 4.69. The molecule has 0 heterocycles. The largest absolute Gasteiger partial charge is 0.381 e. The molecule has 0 saturated carbocycles. The number of hydrogen-bond acceptors (Lipinski definition) is 1. The Balaban J connectivity index is 2.61. The van der Waals surface area contributed by atoms with Crippen LogP contribution in [0.25, 0.3) is 0 Å². The minimum Gasteiger partial charge on any atom is -0.381 e. The zero-order valence-corrected chi connectivity index (χ0v) is 8.43. The van der Waals surface area contributed by atoms with Gasteiger partial charge in [0.15, 0.2) is 0 Å². The summed E-state index contributed by atoms with van der Waals surface area (Å²) in [5, 5.41) is 3.32. The van der Waals surface area contributed by atoms with E-state index in [9.17, 15) is 0 Å². The van der Waals surface area contributed by atoms with Crippen LogP contribution in [0.4, 0.5) is 5.69 Å². The van der Waals surface area contributed by atoms with E-state index in [0.29, 0.717) is 0 Å². The summed E-state index contributed by atoms with van der Waals surface area (Å²) in [7, 11) is 0. The minimum atomic E-state index is 0.854. The molecular weight excluding hydrogens is 158 g/mol. The van der Waals surface area contributed by atoms with E-state index in [1.54, 1.807) is 0 Å². The highest BCUT2D eigenvalue weighted by atomic mass is 14.9. The summed E-state index contributed by atoms with van der Waals surface area (Å²) in [4.78, 5) is 0. The Labute approximate surface area is 80.5 Å². The topological polar surface area (TPSA) is 12.0 Å². The molecule has 0 unspecified atom stereocenters. The Hall–Kier alpha value is -1.24. The molecule has 1 N–H and O–H groups in total. The Morgan fingerprint density at radius 2 is 2.23 bits per heavy atom. The molecule has 0 amide bonds. The highest BCUT2D eigenvalue weighted by Crippen LogP contribution is 2.11. The van der Waals surface area contributed by atoms with Gasteiger partial charge in [-0.1, -0.05) is 31.2 Å². The lowest BCUT2D eigenvalue weighted by molar-refractivity contribution is 1.13. The van der Waals surface area contributed by atoms with Crippen molar-refractivity contribution in [1.82, 2.24) is 0 Å². The lowest BCUT2D eigenvalue weighted by Crippen LogP contribution is -2.01. The van der Waals surface area contributed by atoms with Crippen molar-refractivity contribution in [3.63, 3.8) is 0 Å². The zero-order valence-electron chi connectivity index (χ0n) is 8.43. The van der Waals surface area contributed by atoms with Crippen molar-refractivity contribution >= 4 is 5.69 Å². The Morgan fingerprint density at radius 1 is 1.46 bits per heavy atom. The average Bonchev–Trinajstić information content (AvgIpc) is 2.15. The molecule has 1 nitrogen and oxygen atoms in total. The van der Waals surface area contributed by atoms with Gasteiger partial charge in [0.25, 0.3) is 0 Å². The molecule has 0 aliphatic rings. The van der Waals surface area contributed by atoms with E-state index >= 15 is 0 Å². The first kappa shape index (κ1) is 9.85. The van der Waals surface area contributed by atoms with E-state index in [1.807, 2.05) is 6.92 Å². The zero-order chi connectivity index (χ0) is 9.68. The lowest BCUT2D eigenvalue weighted by atomic mass is 10.1. The van der Waals surface area contributed by atoms with E-state index in [-0.39, 0.29) is 0 Å². The minimum absolute atomic E-state index is 0.854. The summed E-state index contributed by atoms with van der Waals surface area (Å²) in [6.45, 7) is 8.89. The van der Waals surface area contributed by atoms with Gasteiger partial charge in [-0.25, -0.2) is 0 Å². The van der Waals surface area contributed by atoms with Gasteiger partial charge in [0.2, 0.25) is 0 Å². The average molecular weight is 175 g/mol. The van der Waals surface area contributed by atoms with E-state index < -0.39 is 0 Å². The molecule has 0 aliphatic heterocycles. The van der Waals surface area contributed by atoms with Crippen LogP contribution in [0.3, 0.4) is 0 Å². The SMILES string of the molecule is C=C(C)CNc1cccc(CC)c1. The molecule has 13 heavy (non-hydrogen) atoms. The smallest absolute Gasteiger partial charge is 0.0354 e. The normalized spacial score (nSPS) is 9.69. The molecule has 1 rings (SSSR count). The summed E-state index contributed by atoms with van der Waals surface area (Å²) in [6, 6.07) is 8.50. The summed E-state index contributed by atoms with van der Waals surface area (Å²) in [5.74, 6) is 0. The van der Waals surface area contributed by atoms with E-state index in [4.69, 9.17) is 0 Å². The predicted octanol–water partition coefficient (Wildman–Crippen LogP) is 3.24. The predicted molar refractivity (Wildman–Crippen MR) is 59.1 cm³/mol. The van der Waals surface area contributed by atoms with Gasteiger partial charge in [-0.3, -0.25) is 0 Å². The summed E-state index contributed by atoms with van der Waals surface area (Å²) in [5.41, 5.74) is 3.70. The Bertz CT molecular complexity index is 289. The molecule has 0 radical (unpaired) electrons. The van der Waals surface area contributed by atoms with Gasteiger partial charge in [-0.2, -0.15) is 0 Å². The van der Waals surface area contributed by atoms with Crippen molar-refractivity contribution in [3.8, 4) is 0 Å². The van der Waals surface area contributed by atoms with Gasteiger partial charge in [0.05, 0.1) is 0 Å². The molecule has 0 saturated heterocycles. The van der Waals surface area contributed by atoms with Crippen molar-refractivity contribution in [2.24, 2.45) is 0 Å². The van der Waals surface area contributed by atoms with Crippen LogP contribution >= 0.6 is 0 Å². The van der Waals surface area contributed by atoms with Gasteiger partial charge < -0.3 is 5.32 Å². The first-order valence-corrected chi connectivity index (χ1v) is 4.69. The molecular formula is C12H17N. The number of hydrogen-bond donors (Lipinski definition) is 1. The van der Waals surface area contributed by atoms with E-state index in [1.165, 1.54) is 11.3 Å². The second kappa shape index (κ2) is 4.70. The molecule has 0 spiro atoms. The van der Waals surface area contributed by atoms with Gasteiger partial charge in [-0.05, 0) is 31.0 Å². The molecule has 1 heteroatoms. The molecule has 1 aromatic rings. The van der Waals surface area contributed by atoms with Crippen LogP contribution in [-0.4, -0.2) is 6.54 Å².